The van der Waals surface area contributed by atoms with Crippen LogP contribution in [0.15, 0.2) is 18.2 Å². The molecule has 0 radical (unpaired) electrons. The Balaban J connectivity index is 2.23. The van der Waals surface area contributed by atoms with Crippen molar-refractivity contribution in [3.63, 3.8) is 0 Å². The molecule has 1 aromatic rings. The third-order valence-corrected chi connectivity index (χ3v) is 3.41. The van der Waals surface area contributed by atoms with Gasteiger partial charge >= 0.3 is 0 Å². The minimum absolute atomic E-state index is 0.0560. The first-order valence-electron chi connectivity index (χ1n) is 6.08. The number of fused-ring (bicyclic) bond motifs is 1. The molecule has 3 heteroatoms. The second-order valence-electron chi connectivity index (χ2n) is 5.15. The van der Waals surface area contributed by atoms with Gasteiger partial charge in [0.1, 0.15) is 11.4 Å². The summed E-state index contributed by atoms with van der Waals surface area (Å²) >= 11 is 0. The Hall–Kier alpha value is -1.06. The van der Waals surface area contributed by atoms with Crippen LogP contribution < -0.4 is 10.5 Å². The highest BCUT2D eigenvalue weighted by atomic mass is 16.5. The SMILES string of the molecule is COCCC1(C)C[C@H](N)c2cc(C)ccc2O1. The van der Waals surface area contributed by atoms with Crippen molar-refractivity contribution in [3.8, 4) is 5.75 Å². The van der Waals surface area contributed by atoms with Crippen molar-refractivity contribution in [3.05, 3.63) is 29.3 Å². The van der Waals surface area contributed by atoms with Crippen LogP contribution in [0.1, 0.15) is 36.9 Å². The van der Waals surface area contributed by atoms with Gasteiger partial charge in [-0.25, -0.2) is 0 Å². The predicted molar refractivity (Wildman–Crippen MR) is 68.3 cm³/mol. The molecule has 1 heterocycles. The van der Waals surface area contributed by atoms with Gasteiger partial charge in [0.25, 0.3) is 0 Å². The van der Waals surface area contributed by atoms with Gasteiger partial charge in [-0.2, -0.15) is 0 Å². The number of hydrogen-bond acceptors (Lipinski definition) is 3. The Morgan fingerprint density at radius 3 is 3.00 bits per heavy atom. The molecule has 2 atom stereocenters. The molecule has 0 saturated heterocycles. The Morgan fingerprint density at radius 1 is 1.53 bits per heavy atom. The van der Waals surface area contributed by atoms with Crippen LogP contribution in [0.25, 0.3) is 0 Å². The Morgan fingerprint density at radius 2 is 2.29 bits per heavy atom. The van der Waals surface area contributed by atoms with Crippen molar-refractivity contribution < 1.29 is 9.47 Å². The van der Waals surface area contributed by atoms with Crippen LogP contribution in [0.4, 0.5) is 0 Å². The maximum Gasteiger partial charge on any atom is 0.124 e. The largest absolute Gasteiger partial charge is 0.487 e. The third kappa shape index (κ3) is 2.61. The van der Waals surface area contributed by atoms with E-state index in [1.165, 1.54) is 5.56 Å². The maximum absolute atomic E-state index is 6.24. The van der Waals surface area contributed by atoms with E-state index in [0.717, 1.165) is 24.2 Å². The van der Waals surface area contributed by atoms with Gasteiger partial charge in [0.15, 0.2) is 0 Å². The van der Waals surface area contributed by atoms with Crippen LogP contribution in [0, 0.1) is 6.92 Å². The average molecular weight is 235 g/mol. The second kappa shape index (κ2) is 4.67. The zero-order valence-corrected chi connectivity index (χ0v) is 10.8. The fourth-order valence-corrected chi connectivity index (χ4v) is 2.40. The summed E-state index contributed by atoms with van der Waals surface area (Å²) in [4.78, 5) is 0. The van der Waals surface area contributed by atoms with E-state index in [2.05, 4.69) is 26.0 Å². The van der Waals surface area contributed by atoms with Gasteiger partial charge in [-0.3, -0.25) is 0 Å². The number of benzene rings is 1. The van der Waals surface area contributed by atoms with Crippen molar-refractivity contribution in [1.29, 1.82) is 0 Å². The zero-order valence-electron chi connectivity index (χ0n) is 10.8. The third-order valence-electron chi connectivity index (χ3n) is 3.41. The first kappa shape index (κ1) is 12.4. The molecule has 94 valence electrons. The van der Waals surface area contributed by atoms with Crippen molar-refractivity contribution >= 4 is 0 Å². The zero-order chi connectivity index (χ0) is 12.5. The van der Waals surface area contributed by atoms with Crippen LogP contribution >= 0.6 is 0 Å². The summed E-state index contributed by atoms with van der Waals surface area (Å²) in [5, 5.41) is 0. The Kier molecular flexibility index (Phi) is 3.40. The highest BCUT2D eigenvalue weighted by molar-refractivity contribution is 5.41. The standard InChI is InChI=1S/C14H21NO2/c1-10-4-5-13-11(8-10)12(15)9-14(2,17-13)6-7-16-3/h4-5,8,12H,6-7,9,15H2,1-3H3/t12-,14?/m0/s1. The molecule has 0 bridgehead atoms. The highest BCUT2D eigenvalue weighted by Gasteiger charge is 2.35. The molecule has 3 nitrogen and oxygen atoms in total. The number of nitrogens with two attached hydrogens (primary N) is 1. The predicted octanol–water partition coefficient (Wildman–Crippen LogP) is 2.57. The average Bonchev–Trinajstić information content (AvgIpc) is 2.28. The summed E-state index contributed by atoms with van der Waals surface area (Å²) in [5.74, 6) is 0.924. The lowest BCUT2D eigenvalue weighted by atomic mass is 9.86. The molecule has 0 saturated carbocycles. The smallest absolute Gasteiger partial charge is 0.124 e. The summed E-state index contributed by atoms with van der Waals surface area (Å²) in [7, 11) is 1.71. The molecule has 0 aliphatic carbocycles. The van der Waals surface area contributed by atoms with Crippen molar-refractivity contribution in [2.75, 3.05) is 13.7 Å². The molecule has 17 heavy (non-hydrogen) atoms. The topological polar surface area (TPSA) is 44.5 Å². The normalized spacial score (nSPS) is 27.4. The number of ether oxygens (including phenoxy) is 2. The molecule has 2 N–H and O–H groups in total. The first-order chi connectivity index (χ1) is 8.04. The van der Waals surface area contributed by atoms with Crippen molar-refractivity contribution in [2.24, 2.45) is 5.73 Å². The van der Waals surface area contributed by atoms with E-state index in [0.29, 0.717) is 6.61 Å². The van der Waals surface area contributed by atoms with Gasteiger partial charge in [0.05, 0.1) is 0 Å². The van der Waals surface area contributed by atoms with Gasteiger partial charge < -0.3 is 15.2 Å². The lowest BCUT2D eigenvalue weighted by Gasteiger charge is -2.39. The summed E-state index contributed by atoms with van der Waals surface area (Å²) in [6, 6.07) is 6.26. The Bertz CT molecular complexity index is 405. The lowest BCUT2D eigenvalue weighted by Crippen LogP contribution is -2.41. The molecular formula is C14H21NO2. The van der Waals surface area contributed by atoms with Crippen LogP contribution in [-0.2, 0) is 4.74 Å². The van der Waals surface area contributed by atoms with Crippen LogP contribution in [0.2, 0.25) is 0 Å². The molecular weight excluding hydrogens is 214 g/mol. The van der Waals surface area contributed by atoms with Gasteiger partial charge in [0, 0.05) is 38.2 Å². The summed E-state index contributed by atoms with van der Waals surface area (Å²) in [5.41, 5.74) is 8.38. The fraction of sp³-hybridized carbons (Fsp3) is 0.571. The van der Waals surface area contributed by atoms with E-state index in [1.807, 2.05) is 6.07 Å². The minimum atomic E-state index is -0.211. The first-order valence-corrected chi connectivity index (χ1v) is 6.08. The van der Waals surface area contributed by atoms with Crippen LogP contribution in [-0.4, -0.2) is 19.3 Å². The molecule has 1 unspecified atom stereocenters. The van der Waals surface area contributed by atoms with E-state index < -0.39 is 0 Å². The molecule has 2 rings (SSSR count). The van der Waals surface area contributed by atoms with Crippen molar-refractivity contribution in [2.45, 2.75) is 38.3 Å². The summed E-state index contributed by atoms with van der Waals surface area (Å²) in [6.45, 7) is 4.88. The molecule has 0 amide bonds. The van der Waals surface area contributed by atoms with Crippen molar-refractivity contribution in [1.82, 2.24) is 0 Å². The van der Waals surface area contributed by atoms with Gasteiger partial charge in [-0.05, 0) is 19.9 Å². The quantitative estimate of drug-likeness (QED) is 0.875. The number of rotatable bonds is 3. The molecule has 0 aromatic heterocycles. The monoisotopic (exact) mass is 235 g/mol. The minimum Gasteiger partial charge on any atom is -0.487 e. The summed E-state index contributed by atoms with van der Waals surface area (Å²) in [6.07, 6.45) is 1.71. The van der Waals surface area contributed by atoms with E-state index in [9.17, 15) is 0 Å². The number of methoxy groups -OCH3 is 1. The highest BCUT2D eigenvalue weighted by Crippen LogP contribution is 2.40. The number of aryl methyl sites for hydroxylation is 1. The second-order valence-corrected chi connectivity index (χ2v) is 5.15. The fourth-order valence-electron chi connectivity index (χ4n) is 2.40. The molecule has 1 aromatic carbocycles. The van der Waals surface area contributed by atoms with E-state index >= 15 is 0 Å². The van der Waals surface area contributed by atoms with E-state index in [4.69, 9.17) is 15.2 Å². The number of hydrogen-bond donors (Lipinski definition) is 1. The molecule has 1 aliphatic rings. The Labute approximate surface area is 103 Å². The van der Waals surface area contributed by atoms with E-state index in [1.54, 1.807) is 7.11 Å². The van der Waals surface area contributed by atoms with Gasteiger partial charge in [0.2, 0.25) is 0 Å². The molecule has 0 fully saturated rings. The summed E-state index contributed by atoms with van der Waals surface area (Å²) < 4.78 is 11.2. The van der Waals surface area contributed by atoms with Gasteiger partial charge in [-0.1, -0.05) is 17.7 Å². The van der Waals surface area contributed by atoms with E-state index in [-0.39, 0.29) is 11.6 Å². The van der Waals surface area contributed by atoms with Crippen LogP contribution in [0.3, 0.4) is 0 Å². The maximum atomic E-state index is 6.24. The molecule has 1 aliphatic heterocycles. The lowest BCUT2D eigenvalue weighted by molar-refractivity contribution is 0.0215. The van der Waals surface area contributed by atoms with Gasteiger partial charge in [-0.15, -0.1) is 0 Å². The van der Waals surface area contributed by atoms with Crippen LogP contribution in [0.5, 0.6) is 5.75 Å². The molecule has 0 spiro atoms.